The molecule has 0 saturated carbocycles. The molecule has 0 radical (unpaired) electrons. The standard InChI is InChI=1S/C18H19FO4/c1-13(12-22-17-5-3-4-15(19)11-17)23-18(20)10-14-6-8-16(21-2)9-7-14/h3-9,11,13H,10,12H2,1-2H3. The number of carbonyl (C=O) groups excluding carboxylic acids is 1. The van der Waals surface area contributed by atoms with Crippen LogP contribution < -0.4 is 9.47 Å². The summed E-state index contributed by atoms with van der Waals surface area (Å²) in [5.74, 6) is 0.430. The molecule has 0 aliphatic rings. The maximum atomic E-state index is 13.0. The predicted molar refractivity (Wildman–Crippen MR) is 84.1 cm³/mol. The summed E-state index contributed by atoms with van der Waals surface area (Å²) in [4.78, 5) is 11.9. The summed E-state index contributed by atoms with van der Waals surface area (Å²) in [6.07, 6.45) is -0.252. The molecule has 0 N–H and O–H groups in total. The number of halogens is 1. The summed E-state index contributed by atoms with van der Waals surface area (Å²) in [6, 6.07) is 13.0. The van der Waals surface area contributed by atoms with Gasteiger partial charge in [-0.1, -0.05) is 18.2 Å². The fraction of sp³-hybridized carbons (Fsp3) is 0.278. The van der Waals surface area contributed by atoms with Crippen molar-refractivity contribution in [3.63, 3.8) is 0 Å². The lowest BCUT2D eigenvalue weighted by Crippen LogP contribution is -2.23. The number of esters is 1. The predicted octanol–water partition coefficient (Wildman–Crippen LogP) is 3.39. The van der Waals surface area contributed by atoms with Crippen LogP contribution in [0.5, 0.6) is 11.5 Å². The highest BCUT2D eigenvalue weighted by Gasteiger charge is 2.11. The van der Waals surface area contributed by atoms with Gasteiger partial charge in [0.2, 0.25) is 0 Å². The minimum atomic E-state index is -0.427. The van der Waals surface area contributed by atoms with Gasteiger partial charge in [-0.3, -0.25) is 4.79 Å². The van der Waals surface area contributed by atoms with Crippen LogP contribution in [0.15, 0.2) is 48.5 Å². The van der Waals surface area contributed by atoms with Gasteiger partial charge in [0.25, 0.3) is 0 Å². The SMILES string of the molecule is COc1ccc(CC(=O)OC(C)COc2cccc(F)c2)cc1. The molecule has 0 aromatic heterocycles. The molecule has 23 heavy (non-hydrogen) atoms. The quantitative estimate of drug-likeness (QED) is 0.734. The normalized spacial score (nSPS) is 11.6. The van der Waals surface area contributed by atoms with Gasteiger partial charge in [0.1, 0.15) is 30.0 Å². The van der Waals surface area contributed by atoms with Crippen molar-refractivity contribution in [2.45, 2.75) is 19.4 Å². The molecule has 1 unspecified atom stereocenters. The number of ether oxygens (including phenoxy) is 3. The summed E-state index contributed by atoms with van der Waals surface area (Å²) in [5, 5.41) is 0. The number of rotatable bonds is 7. The van der Waals surface area contributed by atoms with E-state index in [1.165, 1.54) is 12.1 Å². The number of hydrogen-bond donors (Lipinski definition) is 0. The van der Waals surface area contributed by atoms with E-state index in [0.29, 0.717) is 5.75 Å². The van der Waals surface area contributed by atoms with Gasteiger partial charge in [0.15, 0.2) is 0 Å². The van der Waals surface area contributed by atoms with Gasteiger partial charge in [-0.25, -0.2) is 4.39 Å². The molecule has 0 heterocycles. The molecule has 2 rings (SSSR count). The molecule has 0 saturated heterocycles. The summed E-state index contributed by atoms with van der Waals surface area (Å²) in [5.41, 5.74) is 0.842. The average Bonchev–Trinajstić information content (AvgIpc) is 2.53. The maximum absolute atomic E-state index is 13.0. The van der Waals surface area contributed by atoms with E-state index in [2.05, 4.69) is 0 Å². The van der Waals surface area contributed by atoms with Crippen molar-refractivity contribution in [2.24, 2.45) is 0 Å². The van der Waals surface area contributed by atoms with Crippen LogP contribution in [-0.4, -0.2) is 25.8 Å². The maximum Gasteiger partial charge on any atom is 0.310 e. The molecular formula is C18H19FO4. The summed E-state index contributed by atoms with van der Waals surface area (Å²) in [6.45, 7) is 1.89. The number of hydrogen-bond acceptors (Lipinski definition) is 4. The van der Waals surface area contributed by atoms with E-state index in [-0.39, 0.29) is 24.8 Å². The van der Waals surface area contributed by atoms with Crippen molar-refractivity contribution < 1.29 is 23.4 Å². The minimum absolute atomic E-state index is 0.164. The van der Waals surface area contributed by atoms with Gasteiger partial charge in [0, 0.05) is 6.07 Å². The van der Waals surface area contributed by atoms with Crippen molar-refractivity contribution in [3.05, 3.63) is 59.9 Å². The molecule has 2 aromatic rings. The van der Waals surface area contributed by atoms with Crippen molar-refractivity contribution in [1.29, 1.82) is 0 Å². The highest BCUT2D eigenvalue weighted by molar-refractivity contribution is 5.72. The fourth-order valence-corrected chi connectivity index (χ4v) is 1.98. The Hall–Kier alpha value is -2.56. The van der Waals surface area contributed by atoms with Crippen LogP contribution in [0.1, 0.15) is 12.5 Å². The first-order valence-corrected chi connectivity index (χ1v) is 7.27. The molecule has 4 nitrogen and oxygen atoms in total. The smallest absolute Gasteiger partial charge is 0.310 e. The third kappa shape index (κ3) is 5.62. The first-order chi connectivity index (χ1) is 11.1. The van der Waals surface area contributed by atoms with Crippen molar-refractivity contribution >= 4 is 5.97 Å². The van der Waals surface area contributed by atoms with Crippen molar-refractivity contribution in [3.8, 4) is 11.5 Å². The van der Waals surface area contributed by atoms with E-state index in [0.717, 1.165) is 11.3 Å². The van der Waals surface area contributed by atoms with E-state index in [1.807, 2.05) is 12.1 Å². The molecule has 2 aromatic carbocycles. The van der Waals surface area contributed by atoms with Crippen LogP contribution in [0.25, 0.3) is 0 Å². The van der Waals surface area contributed by atoms with Crippen LogP contribution in [0, 0.1) is 5.82 Å². The molecule has 5 heteroatoms. The van der Waals surface area contributed by atoms with Crippen LogP contribution in [-0.2, 0) is 16.0 Å². The van der Waals surface area contributed by atoms with Crippen molar-refractivity contribution in [1.82, 2.24) is 0 Å². The third-order valence-corrected chi connectivity index (χ3v) is 3.12. The van der Waals surface area contributed by atoms with Crippen LogP contribution in [0.4, 0.5) is 4.39 Å². The molecule has 1 atom stereocenters. The summed E-state index contributed by atoms with van der Waals surface area (Å²) < 4.78 is 28.8. The van der Waals surface area contributed by atoms with Gasteiger partial charge in [-0.2, -0.15) is 0 Å². The molecule has 0 aliphatic carbocycles. The highest BCUT2D eigenvalue weighted by atomic mass is 19.1. The van der Waals surface area contributed by atoms with Gasteiger partial charge in [0.05, 0.1) is 13.5 Å². The Morgan fingerprint density at radius 3 is 2.52 bits per heavy atom. The third-order valence-electron chi connectivity index (χ3n) is 3.12. The molecule has 0 spiro atoms. The van der Waals surface area contributed by atoms with E-state index < -0.39 is 6.10 Å². The van der Waals surface area contributed by atoms with E-state index in [4.69, 9.17) is 14.2 Å². The van der Waals surface area contributed by atoms with E-state index in [1.54, 1.807) is 38.3 Å². The number of carbonyl (C=O) groups is 1. The number of methoxy groups -OCH3 is 1. The molecule has 122 valence electrons. The van der Waals surface area contributed by atoms with Crippen LogP contribution in [0.2, 0.25) is 0 Å². The molecule has 0 fully saturated rings. The fourth-order valence-electron chi connectivity index (χ4n) is 1.98. The second-order valence-corrected chi connectivity index (χ2v) is 5.09. The molecule has 0 bridgehead atoms. The zero-order valence-electron chi connectivity index (χ0n) is 13.1. The Labute approximate surface area is 134 Å². The monoisotopic (exact) mass is 318 g/mol. The zero-order valence-corrected chi connectivity index (χ0v) is 13.1. The topological polar surface area (TPSA) is 44.8 Å². The first kappa shape index (κ1) is 16.8. The second-order valence-electron chi connectivity index (χ2n) is 5.09. The molecule has 0 amide bonds. The zero-order chi connectivity index (χ0) is 16.7. The highest BCUT2D eigenvalue weighted by Crippen LogP contribution is 2.14. The van der Waals surface area contributed by atoms with Crippen molar-refractivity contribution in [2.75, 3.05) is 13.7 Å². The van der Waals surface area contributed by atoms with Crippen LogP contribution in [0.3, 0.4) is 0 Å². The first-order valence-electron chi connectivity index (χ1n) is 7.27. The Balaban J connectivity index is 1.77. The lowest BCUT2D eigenvalue weighted by molar-refractivity contribution is -0.148. The van der Waals surface area contributed by atoms with E-state index in [9.17, 15) is 9.18 Å². The van der Waals surface area contributed by atoms with Gasteiger partial charge in [-0.05, 0) is 36.8 Å². The summed E-state index contributed by atoms with van der Waals surface area (Å²) >= 11 is 0. The van der Waals surface area contributed by atoms with Gasteiger partial charge >= 0.3 is 5.97 Å². The summed E-state index contributed by atoms with van der Waals surface area (Å²) in [7, 11) is 1.59. The molecular weight excluding hydrogens is 299 g/mol. The molecule has 0 aliphatic heterocycles. The lowest BCUT2D eigenvalue weighted by atomic mass is 10.1. The Kier molecular flexibility index (Phi) is 5.97. The Morgan fingerprint density at radius 1 is 1.13 bits per heavy atom. The largest absolute Gasteiger partial charge is 0.497 e. The van der Waals surface area contributed by atoms with E-state index >= 15 is 0 Å². The second kappa shape index (κ2) is 8.17. The van der Waals surface area contributed by atoms with Gasteiger partial charge < -0.3 is 14.2 Å². The number of benzene rings is 2. The Bertz CT molecular complexity index is 640. The lowest BCUT2D eigenvalue weighted by Gasteiger charge is -2.14. The average molecular weight is 318 g/mol. The Morgan fingerprint density at radius 2 is 1.87 bits per heavy atom. The minimum Gasteiger partial charge on any atom is -0.497 e. The van der Waals surface area contributed by atoms with Gasteiger partial charge in [-0.15, -0.1) is 0 Å². The van der Waals surface area contributed by atoms with Crippen LogP contribution >= 0.6 is 0 Å².